The summed E-state index contributed by atoms with van der Waals surface area (Å²) < 4.78 is 3.52. The minimum Gasteiger partial charge on any atom is -0.322 e. The smallest absolute Gasteiger partial charge is 0.259 e. The molecule has 1 amide bonds. The average Bonchev–Trinajstić information content (AvgIpc) is 3.27. The summed E-state index contributed by atoms with van der Waals surface area (Å²) >= 11 is 6.06. The number of aromatic nitrogens is 4. The largest absolute Gasteiger partial charge is 0.322 e. The van der Waals surface area contributed by atoms with Crippen LogP contribution in [0.25, 0.3) is 11.4 Å². The van der Waals surface area contributed by atoms with Crippen molar-refractivity contribution >= 4 is 23.2 Å². The number of carbonyl (C=O) groups excluding carboxylic acids is 1. The van der Waals surface area contributed by atoms with Gasteiger partial charge in [-0.1, -0.05) is 23.7 Å². The summed E-state index contributed by atoms with van der Waals surface area (Å²) in [6.07, 6.45) is 3.31. The number of anilines is 1. The van der Waals surface area contributed by atoms with Crippen molar-refractivity contribution in [2.75, 3.05) is 5.32 Å². The van der Waals surface area contributed by atoms with Gasteiger partial charge in [0.05, 0.1) is 28.8 Å². The molecule has 2 aromatic heterocycles. The predicted molar refractivity (Wildman–Crippen MR) is 110 cm³/mol. The molecule has 0 aliphatic carbocycles. The van der Waals surface area contributed by atoms with E-state index in [2.05, 4.69) is 15.5 Å². The molecular weight excluding hydrogens is 374 g/mol. The maximum Gasteiger partial charge on any atom is 0.259 e. The van der Waals surface area contributed by atoms with Gasteiger partial charge in [-0.3, -0.25) is 4.79 Å². The number of aryl methyl sites for hydroxylation is 1. The highest BCUT2D eigenvalue weighted by molar-refractivity contribution is 6.30. The van der Waals surface area contributed by atoms with E-state index in [1.165, 1.54) is 0 Å². The minimum atomic E-state index is -0.222. The first kappa shape index (κ1) is 18.0. The molecule has 4 rings (SSSR count). The van der Waals surface area contributed by atoms with Gasteiger partial charge in [-0.25, -0.2) is 9.36 Å². The fourth-order valence-corrected chi connectivity index (χ4v) is 3.24. The Labute approximate surface area is 167 Å². The molecule has 0 fully saturated rings. The summed E-state index contributed by atoms with van der Waals surface area (Å²) in [5, 5.41) is 12.2. The van der Waals surface area contributed by atoms with Gasteiger partial charge >= 0.3 is 0 Å². The van der Waals surface area contributed by atoms with Gasteiger partial charge in [-0.2, -0.15) is 10.2 Å². The fraction of sp³-hybridized carbons (Fsp3) is 0.0952. The molecule has 6 nitrogen and oxygen atoms in total. The van der Waals surface area contributed by atoms with E-state index in [-0.39, 0.29) is 5.91 Å². The third-order valence-electron chi connectivity index (χ3n) is 4.49. The third-order valence-corrected chi connectivity index (χ3v) is 4.72. The third kappa shape index (κ3) is 3.42. The quantitative estimate of drug-likeness (QED) is 0.553. The average molecular weight is 392 g/mol. The van der Waals surface area contributed by atoms with E-state index in [4.69, 9.17) is 11.6 Å². The summed E-state index contributed by atoms with van der Waals surface area (Å²) in [5.74, 6) is -0.222. The molecule has 140 valence electrons. The van der Waals surface area contributed by atoms with Gasteiger partial charge in [0, 0.05) is 22.6 Å². The first-order chi connectivity index (χ1) is 13.5. The number of nitrogens with one attached hydrogen (secondary N) is 1. The number of halogens is 1. The Bertz CT molecular complexity index is 1160. The van der Waals surface area contributed by atoms with Crippen LogP contribution in [0.5, 0.6) is 0 Å². The summed E-state index contributed by atoms with van der Waals surface area (Å²) in [5.41, 5.74) is 4.63. The second kappa shape index (κ2) is 7.32. The molecule has 2 heterocycles. The Kier molecular flexibility index (Phi) is 4.71. The van der Waals surface area contributed by atoms with Crippen LogP contribution in [0.4, 0.5) is 5.69 Å². The highest BCUT2D eigenvalue weighted by Gasteiger charge is 2.16. The van der Waals surface area contributed by atoms with Crippen molar-refractivity contribution in [3.8, 4) is 11.4 Å². The zero-order valence-corrected chi connectivity index (χ0v) is 16.2. The SMILES string of the molecule is Cc1ccnn1-c1cccc(NC(=O)c2cnn(-c3cccc(Cl)c3)c2C)c1. The number of benzene rings is 2. The molecule has 4 aromatic rings. The lowest BCUT2D eigenvalue weighted by atomic mass is 10.2. The Balaban J connectivity index is 1.59. The Morgan fingerprint density at radius 2 is 1.71 bits per heavy atom. The molecule has 0 atom stereocenters. The number of amides is 1. The van der Waals surface area contributed by atoms with E-state index < -0.39 is 0 Å². The van der Waals surface area contributed by atoms with E-state index in [9.17, 15) is 4.79 Å². The number of carbonyl (C=O) groups is 1. The van der Waals surface area contributed by atoms with Crippen LogP contribution in [0.15, 0.2) is 67.0 Å². The van der Waals surface area contributed by atoms with Gasteiger partial charge in [0.2, 0.25) is 0 Å². The van der Waals surface area contributed by atoms with E-state index in [0.717, 1.165) is 22.8 Å². The molecule has 0 radical (unpaired) electrons. The van der Waals surface area contributed by atoms with Crippen LogP contribution in [0, 0.1) is 13.8 Å². The lowest BCUT2D eigenvalue weighted by molar-refractivity contribution is 0.102. The number of hydrogen-bond acceptors (Lipinski definition) is 3. The molecule has 7 heteroatoms. The molecule has 0 aliphatic heterocycles. The first-order valence-corrected chi connectivity index (χ1v) is 9.14. The lowest BCUT2D eigenvalue weighted by Crippen LogP contribution is -2.13. The monoisotopic (exact) mass is 391 g/mol. The summed E-state index contributed by atoms with van der Waals surface area (Å²) in [4.78, 5) is 12.8. The molecule has 0 bridgehead atoms. The number of hydrogen-bond donors (Lipinski definition) is 1. The van der Waals surface area contributed by atoms with Gasteiger partial charge in [0.15, 0.2) is 0 Å². The summed E-state index contributed by atoms with van der Waals surface area (Å²) in [6.45, 7) is 3.83. The molecule has 0 unspecified atom stereocenters. The summed E-state index contributed by atoms with van der Waals surface area (Å²) in [7, 11) is 0. The lowest BCUT2D eigenvalue weighted by Gasteiger charge is -2.09. The Morgan fingerprint density at radius 1 is 0.964 bits per heavy atom. The predicted octanol–water partition coefficient (Wildman–Crippen LogP) is 4.58. The van der Waals surface area contributed by atoms with E-state index in [1.807, 2.05) is 61.0 Å². The minimum absolute atomic E-state index is 0.222. The van der Waals surface area contributed by atoms with Crippen LogP contribution in [0.2, 0.25) is 5.02 Å². The van der Waals surface area contributed by atoms with E-state index in [0.29, 0.717) is 16.3 Å². The second-order valence-corrected chi connectivity index (χ2v) is 6.86. The van der Waals surface area contributed by atoms with E-state index >= 15 is 0 Å². The van der Waals surface area contributed by atoms with Crippen LogP contribution in [-0.4, -0.2) is 25.5 Å². The number of rotatable bonds is 4. The van der Waals surface area contributed by atoms with Crippen molar-refractivity contribution < 1.29 is 4.79 Å². The standard InChI is InChI=1S/C21H18ClN5O/c1-14-9-10-23-26(14)19-8-4-6-17(12-19)25-21(28)20-13-24-27(15(20)2)18-7-3-5-16(22)11-18/h3-13H,1-2H3,(H,25,28). The molecule has 0 spiro atoms. The highest BCUT2D eigenvalue weighted by Crippen LogP contribution is 2.20. The van der Waals surface area contributed by atoms with Crippen molar-refractivity contribution in [1.82, 2.24) is 19.6 Å². The van der Waals surface area contributed by atoms with Gasteiger partial charge in [0.1, 0.15) is 0 Å². The van der Waals surface area contributed by atoms with Gasteiger partial charge in [-0.05, 0) is 56.3 Å². The molecule has 28 heavy (non-hydrogen) atoms. The highest BCUT2D eigenvalue weighted by atomic mass is 35.5. The Hall–Kier alpha value is -3.38. The van der Waals surface area contributed by atoms with Crippen molar-refractivity contribution in [3.63, 3.8) is 0 Å². The van der Waals surface area contributed by atoms with Crippen LogP contribution >= 0.6 is 11.6 Å². The van der Waals surface area contributed by atoms with Crippen molar-refractivity contribution in [2.24, 2.45) is 0 Å². The van der Waals surface area contributed by atoms with E-state index in [1.54, 1.807) is 29.2 Å². The van der Waals surface area contributed by atoms with Gasteiger partial charge in [-0.15, -0.1) is 0 Å². The van der Waals surface area contributed by atoms with Crippen molar-refractivity contribution in [3.05, 3.63) is 89.0 Å². The maximum absolute atomic E-state index is 12.8. The zero-order chi connectivity index (χ0) is 19.7. The molecule has 0 saturated carbocycles. The van der Waals surface area contributed by atoms with Crippen LogP contribution in [-0.2, 0) is 0 Å². The van der Waals surface area contributed by atoms with Crippen LogP contribution in [0.1, 0.15) is 21.7 Å². The second-order valence-electron chi connectivity index (χ2n) is 6.42. The summed E-state index contributed by atoms with van der Waals surface area (Å²) in [6, 6.07) is 16.8. The zero-order valence-electron chi connectivity index (χ0n) is 15.4. The molecule has 2 aromatic carbocycles. The topological polar surface area (TPSA) is 64.7 Å². The van der Waals surface area contributed by atoms with Gasteiger partial charge in [0.25, 0.3) is 5.91 Å². The molecule has 1 N–H and O–H groups in total. The number of nitrogens with zero attached hydrogens (tertiary/aromatic N) is 4. The molecule has 0 aliphatic rings. The Morgan fingerprint density at radius 3 is 2.43 bits per heavy atom. The fourth-order valence-electron chi connectivity index (χ4n) is 3.05. The molecular formula is C21H18ClN5O. The van der Waals surface area contributed by atoms with Crippen LogP contribution < -0.4 is 5.32 Å². The van der Waals surface area contributed by atoms with Crippen molar-refractivity contribution in [2.45, 2.75) is 13.8 Å². The van der Waals surface area contributed by atoms with Gasteiger partial charge < -0.3 is 5.32 Å². The first-order valence-electron chi connectivity index (χ1n) is 8.76. The van der Waals surface area contributed by atoms with Crippen LogP contribution in [0.3, 0.4) is 0 Å². The maximum atomic E-state index is 12.8. The molecule has 0 saturated heterocycles. The normalized spacial score (nSPS) is 10.8. The van der Waals surface area contributed by atoms with Crippen molar-refractivity contribution in [1.29, 1.82) is 0 Å².